The van der Waals surface area contributed by atoms with Gasteiger partial charge in [-0.1, -0.05) is 30.3 Å². The number of hydrogen-bond acceptors (Lipinski definition) is 7. The molecule has 0 amide bonds. The van der Waals surface area contributed by atoms with Crippen molar-refractivity contribution in [1.29, 1.82) is 0 Å². The standard InChI is InChI=1S/C14H13N7/c15-12-11(13(16)19-14(17)18-12)21-20-10-6-5-8-3-1-2-4-9(8)7-10/h1-7H,(H6,15,16,17,18,19). The molecule has 6 N–H and O–H groups in total. The number of anilines is 3. The molecule has 104 valence electrons. The molecule has 0 aliphatic rings. The number of nitrogens with two attached hydrogens (primary N) is 3. The van der Waals surface area contributed by atoms with Gasteiger partial charge in [0.1, 0.15) is 0 Å². The first-order chi connectivity index (χ1) is 10.1. The number of hydrogen-bond donors (Lipinski definition) is 3. The minimum Gasteiger partial charge on any atom is -0.382 e. The Labute approximate surface area is 120 Å². The first-order valence-corrected chi connectivity index (χ1v) is 6.22. The van der Waals surface area contributed by atoms with E-state index in [1.165, 1.54) is 0 Å². The number of nitrogens with zero attached hydrogens (tertiary/aromatic N) is 4. The van der Waals surface area contributed by atoms with Crippen LogP contribution in [0.25, 0.3) is 10.8 Å². The van der Waals surface area contributed by atoms with Gasteiger partial charge in [-0.05, 0) is 22.9 Å². The molecule has 0 fully saturated rings. The van der Waals surface area contributed by atoms with Crippen LogP contribution in [0.5, 0.6) is 0 Å². The molecule has 0 atom stereocenters. The lowest BCUT2D eigenvalue weighted by atomic mass is 10.1. The van der Waals surface area contributed by atoms with Crippen LogP contribution in [0.2, 0.25) is 0 Å². The Morgan fingerprint density at radius 2 is 1.43 bits per heavy atom. The van der Waals surface area contributed by atoms with E-state index in [9.17, 15) is 0 Å². The molecule has 7 heteroatoms. The maximum atomic E-state index is 5.71. The van der Waals surface area contributed by atoms with E-state index in [0.717, 1.165) is 10.8 Å². The Hall–Kier alpha value is -3.22. The fraction of sp³-hybridized carbons (Fsp3) is 0. The lowest BCUT2D eigenvalue weighted by Gasteiger charge is -2.03. The van der Waals surface area contributed by atoms with Gasteiger partial charge in [-0.25, -0.2) is 0 Å². The first-order valence-electron chi connectivity index (χ1n) is 6.22. The quantitative estimate of drug-likeness (QED) is 0.621. The van der Waals surface area contributed by atoms with Crippen LogP contribution in [0.4, 0.5) is 29.0 Å². The fourth-order valence-corrected chi connectivity index (χ4v) is 1.96. The molecular weight excluding hydrogens is 266 g/mol. The van der Waals surface area contributed by atoms with Crippen molar-refractivity contribution >= 4 is 39.7 Å². The Bertz CT molecular complexity index is 819. The molecule has 0 radical (unpaired) electrons. The number of nitrogen functional groups attached to an aromatic ring is 3. The highest BCUT2D eigenvalue weighted by Gasteiger charge is 2.07. The van der Waals surface area contributed by atoms with Crippen LogP contribution in [-0.4, -0.2) is 9.97 Å². The van der Waals surface area contributed by atoms with Crippen molar-refractivity contribution in [1.82, 2.24) is 9.97 Å². The van der Waals surface area contributed by atoms with E-state index < -0.39 is 0 Å². The lowest BCUT2D eigenvalue weighted by molar-refractivity contribution is 1.15. The highest BCUT2D eigenvalue weighted by Crippen LogP contribution is 2.29. The minimum absolute atomic E-state index is 0.00894. The summed E-state index contributed by atoms with van der Waals surface area (Å²) in [6.45, 7) is 0. The molecule has 2 aromatic carbocycles. The lowest BCUT2D eigenvalue weighted by Crippen LogP contribution is -2.03. The Morgan fingerprint density at radius 3 is 2.14 bits per heavy atom. The van der Waals surface area contributed by atoms with Gasteiger partial charge in [0.15, 0.2) is 17.3 Å². The summed E-state index contributed by atoms with van der Waals surface area (Å²) >= 11 is 0. The summed E-state index contributed by atoms with van der Waals surface area (Å²) in [5, 5.41) is 10.3. The maximum Gasteiger partial charge on any atom is 0.224 e. The van der Waals surface area contributed by atoms with Crippen molar-refractivity contribution in [3.63, 3.8) is 0 Å². The molecule has 0 aliphatic carbocycles. The molecule has 21 heavy (non-hydrogen) atoms. The second kappa shape index (κ2) is 5.04. The van der Waals surface area contributed by atoms with E-state index in [1.807, 2.05) is 42.5 Å². The number of benzene rings is 2. The Balaban J connectivity index is 1.98. The smallest absolute Gasteiger partial charge is 0.224 e. The predicted molar refractivity (Wildman–Crippen MR) is 83.4 cm³/mol. The third-order valence-corrected chi connectivity index (χ3v) is 2.95. The number of azo groups is 1. The van der Waals surface area contributed by atoms with Crippen LogP contribution < -0.4 is 17.2 Å². The number of aromatic nitrogens is 2. The summed E-state index contributed by atoms with van der Waals surface area (Å²) in [5.74, 6) is 0.212. The molecule has 0 saturated heterocycles. The van der Waals surface area contributed by atoms with Crippen molar-refractivity contribution in [3.8, 4) is 0 Å². The summed E-state index contributed by atoms with van der Waals surface area (Å²) in [6, 6.07) is 13.7. The van der Waals surface area contributed by atoms with Crippen LogP contribution in [-0.2, 0) is 0 Å². The largest absolute Gasteiger partial charge is 0.382 e. The van der Waals surface area contributed by atoms with Gasteiger partial charge >= 0.3 is 0 Å². The van der Waals surface area contributed by atoms with E-state index in [1.54, 1.807) is 0 Å². The van der Waals surface area contributed by atoms with Crippen LogP contribution in [0.1, 0.15) is 0 Å². The van der Waals surface area contributed by atoms with Gasteiger partial charge in [0.2, 0.25) is 5.95 Å². The second-order valence-electron chi connectivity index (χ2n) is 4.43. The van der Waals surface area contributed by atoms with Gasteiger partial charge in [-0.3, -0.25) is 0 Å². The zero-order valence-corrected chi connectivity index (χ0v) is 11.1. The van der Waals surface area contributed by atoms with E-state index in [0.29, 0.717) is 5.69 Å². The van der Waals surface area contributed by atoms with Crippen molar-refractivity contribution in [3.05, 3.63) is 42.5 Å². The SMILES string of the molecule is Nc1nc(N)c(N=Nc2ccc3ccccc3c2)c(N)n1. The molecular formula is C14H13N7. The number of fused-ring (bicyclic) bond motifs is 1. The van der Waals surface area contributed by atoms with Crippen LogP contribution in [0.15, 0.2) is 52.7 Å². The molecule has 1 heterocycles. The zero-order chi connectivity index (χ0) is 14.8. The molecule has 0 aliphatic heterocycles. The highest BCUT2D eigenvalue weighted by atomic mass is 15.2. The van der Waals surface area contributed by atoms with Gasteiger partial charge in [0, 0.05) is 0 Å². The topological polar surface area (TPSA) is 129 Å². The molecule has 3 rings (SSSR count). The second-order valence-corrected chi connectivity index (χ2v) is 4.43. The average Bonchev–Trinajstić information content (AvgIpc) is 2.46. The molecule has 1 aromatic heterocycles. The van der Waals surface area contributed by atoms with Crippen LogP contribution in [0, 0.1) is 0 Å². The first kappa shape index (κ1) is 12.8. The van der Waals surface area contributed by atoms with Gasteiger partial charge < -0.3 is 17.2 Å². The van der Waals surface area contributed by atoms with E-state index in [4.69, 9.17) is 17.2 Å². The van der Waals surface area contributed by atoms with E-state index in [2.05, 4.69) is 20.2 Å². The Morgan fingerprint density at radius 1 is 0.762 bits per heavy atom. The monoisotopic (exact) mass is 279 g/mol. The summed E-state index contributed by atoms with van der Waals surface area (Å²) in [6.07, 6.45) is 0. The molecule has 0 saturated carbocycles. The van der Waals surface area contributed by atoms with Gasteiger partial charge in [0.05, 0.1) is 5.69 Å². The minimum atomic E-state index is 0.00894. The molecule has 0 unspecified atom stereocenters. The third kappa shape index (κ3) is 2.57. The van der Waals surface area contributed by atoms with Gasteiger partial charge in [0.25, 0.3) is 0 Å². The Kier molecular flexibility index (Phi) is 3.07. The summed E-state index contributed by atoms with van der Waals surface area (Å²) in [5.41, 5.74) is 17.8. The van der Waals surface area contributed by atoms with Crippen LogP contribution >= 0.6 is 0 Å². The molecule has 7 nitrogen and oxygen atoms in total. The van der Waals surface area contributed by atoms with Crippen molar-refractivity contribution in [2.75, 3.05) is 17.2 Å². The van der Waals surface area contributed by atoms with Gasteiger partial charge in [-0.2, -0.15) is 15.1 Å². The highest BCUT2D eigenvalue weighted by molar-refractivity contribution is 5.85. The van der Waals surface area contributed by atoms with Gasteiger partial charge in [-0.15, -0.1) is 5.11 Å². The average molecular weight is 279 g/mol. The predicted octanol–water partition coefficient (Wildman–Crippen LogP) is 2.79. The normalized spacial score (nSPS) is 11.2. The van der Waals surface area contributed by atoms with Crippen LogP contribution in [0.3, 0.4) is 0 Å². The third-order valence-electron chi connectivity index (χ3n) is 2.95. The number of rotatable bonds is 2. The summed E-state index contributed by atoms with van der Waals surface area (Å²) < 4.78 is 0. The fourth-order valence-electron chi connectivity index (χ4n) is 1.96. The van der Waals surface area contributed by atoms with Crippen molar-refractivity contribution in [2.45, 2.75) is 0 Å². The van der Waals surface area contributed by atoms with E-state index >= 15 is 0 Å². The van der Waals surface area contributed by atoms with Crippen molar-refractivity contribution < 1.29 is 0 Å². The summed E-state index contributed by atoms with van der Waals surface area (Å²) in [4.78, 5) is 7.61. The maximum absolute atomic E-state index is 5.71. The van der Waals surface area contributed by atoms with E-state index in [-0.39, 0.29) is 23.3 Å². The van der Waals surface area contributed by atoms with Crippen molar-refractivity contribution in [2.24, 2.45) is 10.2 Å². The summed E-state index contributed by atoms with van der Waals surface area (Å²) in [7, 11) is 0. The zero-order valence-electron chi connectivity index (χ0n) is 11.1. The molecule has 0 bridgehead atoms. The molecule has 3 aromatic rings. The molecule has 0 spiro atoms.